The van der Waals surface area contributed by atoms with Crippen LogP contribution in [-0.4, -0.2) is 23.8 Å². The Bertz CT molecular complexity index is 96.2. The van der Waals surface area contributed by atoms with Crippen molar-refractivity contribution < 1.29 is 5.11 Å². The standard InChI is InChI=1S/C9H21NO/c1-8(7-11)5-6-10-9(2,3)4/h8,10-11H,5-7H2,1-4H3. The van der Waals surface area contributed by atoms with Crippen LogP contribution in [0.5, 0.6) is 0 Å². The highest BCUT2D eigenvalue weighted by Crippen LogP contribution is 2.02. The largest absolute Gasteiger partial charge is 0.396 e. The maximum atomic E-state index is 8.74. The van der Waals surface area contributed by atoms with Gasteiger partial charge in [0.05, 0.1) is 0 Å². The quantitative estimate of drug-likeness (QED) is 0.649. The summed E-state index contributed by atoms with van der Waals surface area (Å²) in [4.78, 5) is 0. The molecule has 0 aliphatic heterocycles. The molecule has 0 heterocycles. The van der Waals surface area contributed by atoms with Gasteiger partial charge in [0.1, 0.15) is 0 Å². The highest BCUT2D eigenvalue weighted by Gasteiger charge is 2.08. The molecule has 0 aliphatic rings. The van der Waals surface area contributed by atoms with E-state index in [9.17, 15) is 0 Å². The zero-order chi connectivity index (χ0) is 8.91. The van der Waals surface area contributed by atoms with Crippen LogP contribution in [0.15, 0.2) is 0 Å². The second-order valence-corrected chi connectivity index (χ2v) is 4.25. The van der Waals surface area contributed by atoms with Crippen molar-refractivity contribution in [3.05, 3.63) is 0 Å². The molecule has 0 aromatic heterocycles. The fourth-order valence-electron chi connectivity index (χ4n) is 0.785. The van der Waals surface area contributed by atoms with Crippen LogP contribution in [0.25, 0.3) is 0 Å². The van der Waals surface area contributed by atoms with Gasteiger partial charge in [-0.25, -0.2) is 0 Å². The molecule has 2 heteroatoms. The molecule has 0 amide bonds. The van der Waals surface area contributed by atoms with Gasteiger partial charge in [-0.1, -0.05) is 6.92 Å². The first kappa shape index (κ1) is 10.9. The van der Waals surface area contributed by atoms with Gasteiger partial charge in [-0.2, -0.15) is 0 Å². The maximum absolute atomic E-state index is 8.74. The molecule has 0 saturated carbocycles. The van der Waals surface area contributed by atoms with Gasteiger partial charge in [0, 0.05) is 12.1 Å². The molecule has 0 aliphatic carbocycles. The summed E-state index contributed by atoms with van der Waals surface area (Å²) < 4.78 is 0. The van der Waals surface area contributed by atoms with E-state index in [0.29, 0.717) is 12.5 Å². The zero-order valence-corrected chi connectivity index (χ0v) is 8.15. The van der Waals surface area contributed by atoms with Crippen LogP contribution in [0.1, 0.15) is 34.1 Å². The van der Waals surface area contributed by atoms with Gasteiger partial charge < -0.3 is 10.4 Å². The molecule has 0 fully saturated rings. The van der Waals surface area contributed by atoms with E-state index in [1.165, 1.54) is 0 Å². The average molecular weight is 159 g/mol. The highest BCUT2D eigenvalue weighted by molar-refractivity contribution is 4.70. The molecular weight excluding hydrogens is 138 g/mol. The molecular formula is C9H21NO. The minimum Gasteiger partial charge on any atom is -0.396 e. The number of aliphatic hydroxyl groups is 1. The maximum Gasteiger partial charge on any atom is 0.0457 e. The van der Waals surface area contributed by atoms with Gasteiger partial charge in [-0.05, 0) is 39.7 Å². The van der Waals surface area contributed by atoms with E-state index in [0.717, 1.165) is 13.0 Å². The molecule has 0 spiro atoms. The molecule has 11 heavy (non-hydrogen) atoms. The fraction of sp³-hybridized carbons (Fsp3) is 1.00. The molecule has 1 unspecified atom stereocenters. The van der Waals surface area contributed by atoms with E-state index in [2.05, 4.69) is 33.0 Å². The van der Waals surface area contributed by atoms with Crippen molar-refractivity contribution in [1.29, 1.82) is 0 Å². The zero-order valence-electron chi connectivity index (χ0n) is 8.15. The summed E-state index contributed by atoms with van der Waals surface area (Å²) in [5.74, 6) is 0.421. The van der Waals surface area contributed by atoms with Crippen molar-refractivity contribution in [3.8, 4) is 0 Å². The Morgan fingerprint density at radius 1 is 1.36 bits per heavy atom. The van der Waals surface area contributed by atoms with Gasteiger partial charge in [0.25, 0.3) is 0 Å². The Morgan fingerprint density at radius 3 is 2.27 bits per heavy atom. The van der Waals surface area contributed by atoms with Crippen LogP contribution >= 0.6 is 0 Å². The number of aliphatic hydroxyl groups excluding tert-OH is 1. The van der Waals surface area contributed by atoms with Crippen LogP contribution in [0.3, 0.4) is 0 Å². The van der Waals surface area contributed by atoms with E-state index < -0.39 is 0 Å². The first-order valence-corrected chi connectivity index (χ1v) is 4.31. The summed E-state index contributed by atoms with van der Waals surface area (Å²) in [7, 11) is 0. The molecule has 0 rings (SSSR count). The lowest BCUT2D eigenvalue weighted by molar-refractivity contribution is 0.226. The first-order chi connectivity index (χ1) is 4.95. The lowest BCUT2D eigenvalue weighted by Gasteiger charge is -2.21. The van der Waals surface area contributed by atoms with Crippen LogP contribution in [-0.2, 0) is 0 Å². The molecule has 0 aromatic carbocycles. The van der Waals surface area contributed by atoms with Gasteiger partial charge in [0.15, 0.2) is 0 Å². The van der Waals surface area contributed by atoms with E-state index in [-0.39, 0.29) is 5.54 Å². The van der Waals surface area contributed by atoms with E-state index in [1.807, 2.05) is 0 Å². The number of rotatable bonds is 4. The fourth-order valence-corrected chi connectivity index (χ4v) is 0.785. The molecule has 0 saturated heterocycles. The van der Waals surface area contributed by atoms with Gasteiger partial charge in [-0.15, -0.1) is 0 Å². The Balaban J connectivity index is 3.28. The van der Waals surface area contributed by atoms with E-state index >= 15 is 0 Å². The second kappa shape index (κ2) is 4.73. The lowest BCUT2D eigenvalue weighted by Crippen LogP contribution is -2.37. The third-order valence-corrected chi connectivity index (χ3v) is 1.60. The third kappa shape index (κ3) is 7.82. The van der Waals surface area contributed by atoms with Crippen LogP contribution in [0, 0.1) is 5.92 Å². The molecule has 2 N–H and O–H groups in total. The summed E-state index contributed by atoms with van der Waals surface area (Å²) in [5.41, 5.74) is 0.204. The minimum atomic E-state index is 0.204. The predicted molar refractivity (Wildman–Crippen MR) is 48.6 cm³/mol. The lowest BCUT2D eigenvalue weighted by atomic mass is 10.1. The van der Waals surface area contributed by atoms with E-state index in [1.54, 1.807) is 0 Å². The van der Waals surface area contributed by atoms with Crippen molar-refractivity contribution >= 4 is 0 Å². The third-order valence-electron chi connectivity index (χ3n) is 1.60. The molecule has 1 atom stereocenters. The van der Waals surface area contributed by atoms with Crippen molar-refractivity contribution in [3.63, 3.8) is 0 Å². The van der Waals surface area contributed by atoms with E-state index in [4.69, 9.17) is 5.11 Å². The summed E-state index contributed by atoms with van der Waals surface area (Å²) in [6, 6.07) is 0. The Hall–Kier alpha value is -0.0800. The number of hydrogen-bond acceptors (Lipinski definition) is 2. The molecule has 0 aromatic rings. The van der Waals surface area contributed by atoms with Crippen molar-refractivity contribution in [2.75, 3.05) is 13.2 Å². The first-order valence-electron chi connectivity index (χ1n) is 4.31. The summed E-state index contributed by atoms with van der Waals surface area (Å²) in [6.07, 6.45) is 1.05. The average Bonchev–Trinajstić information content (AvgIpc) is 1.85. The number of hydrogen-bond donors (Lipinski definition) is 2. The summed E-state index contributed by atoms with van der Waals surface area (Å²) >= 11 is 0. The molecule has 2 nitrogen and oxygen atoms in total. The van der Waals surface area contributed by atoms with Crippen LogP contribution < -0.4 is 5.32 Å². The van der Waals surface area contributed by atoms with Gasteiger partial charge in [-0.3, -0.25) is 0 Å². The molecule has 68 valence electrons. The Kier molecular flexibility index (Phi) is 4.69. The Morgan fingerprint density at radius 2 is 1.91 bits per heavy atom. The van der Waals surface area contributed by atoms with Crippen molar-refractivity contribution in [2.45, 2.75) is 39.7 Å². The smallest absolute Gasteiger partial charge is 0.0457 e. The summed E-state index contributed by atoms with van der Waals surface area (Å²) in [6.45, 7) is 9.80. The van der Waals surface area contributed by atoms with Crippen LogP contribution in [0.4, 0.5) is 0 Å². The topological polar surface area (TPSA) is 32.3 Å². The van der Waals surface area contributed by atoms with Gasteiger partial charge in [0.2, 0.25) is 0 Å². The second-order valence-electron chi connectivity index (χ2n) is 4.25. The minimum absolute atomic E-state index is 0.204. The SMILES string of the molecule is CC(CO)CCNC(C)(C)C. The van der Waals surface area contributed by atoms with Crippen LogP contribution in [0.2, 0.25) is 0 Å². The normalized spacial score (nSPS) is 15.0. The van der Waals surface area contributed by atoms with Crippen molar-refractivity contribution in [2.24, 2.45) is 5.92 Å². The molecule has 0 radical (unpaired) electrons. The predicted octanol–water partition coefficient (Wildman–Crippen LogP) is 1.39. The monoisotopic (exact) mass is 159 g/mol. The van der Waals surface area contributed by atoms with Gasteiger partial charge >= 0.3 is 0 Å². The highest BCUT2D eigenvalue weighted by atomic mass is 16.3. The number of nitrogens with one attached hydrogen (secondary N) is 1. The molecule has 0 bridgehead atoms. The Labute approximate surface area is 70.0 Å². The summed E-state index contributed by atoms with van der Waals surface area (Å²) in [5, 5.41) is 12.1. The van der Waals surface area contributed by atoms with Crippen molar-refractivity contribution in [1.82, 2.24) is 5.32 Å².